The highest BCUT2D eigenvalue weighted by Crippen LogP contribution is 2.30. The second-order valence-corrected chi connectivity index (χ2v) is 7.60. The van der Waals surface area contributed by atoms with Gasteiger partial charge in [-0.2, -0.15) is 0 Å². The lowest BCUT2D eigenvalue weighted by atomic mass is 9.95. The van der Waals surface area contributed by atoms with E-state index in [1.54, 1.807) is 0 Å². The molecule has 1 aromatic carbocycles. The van der Waals surface area contributed by atoms with Crippen molar-refractivity contribution in [3.05, 3.63) is 41.6 Å². The maximum Gasteiger partial charge on any atom is 0.0459 e. The molecule has 25 heavy (non-hydrogen) atoms. The van der Waals surface area contributed by atoms with Crippen molar-refractivity contribution in [1.82, 2.24) is 20.1 Å². The van der Waals surface area contributed by atoms with Crippen molar-refractivity contribution in [2.75, 3.05) is 46.3 Å². The Hall–Kier alpha value is -1.78. The molecule has 1 aliphatic carbocycles. The van der Waals surface area contributed by atoms with Crippen molar-refractivity contribution >= 4 is 16.6 Å². The number of piperazine rings is 1. The summed E-state index contributed by atoms with van der Waals surface area (Å²) in [5, 5.41) is 4.93. The van der Waals surface area contributed by atoms with Crippen LogP contribution in [0.4, 0.5) is 0 Å². The number of likely N-dealkylation sites (N-methyl/N-ethyl adjacent to an activating group) is 1. The van der Waals surface area contributed by atoms with E-state index >= 15 is 0 Å². The Labute approximate surface area is 150 Å². The number of fused-ring (bicyclic) bond motifs is 3. The average Bonchev–Trinajstić information content (AvgIpc) is 3.01. The van der Waals surface area contributed by atoms with Gasteiger partial charge < -0.3 is 15.2 Å². The summed E-state index contributed by atoms with van der Waals surface area (Å²) in [6.07, 6.45) is 5.04. The molecule has 1 fully saturated rings. The van der Waals surface area contributed by atoms with Crippen LogP contribution in [-0.2, 0) is 12.8 Å². The van der Waals surface area contributed by atoms with E-state index in [1.165, 1.54) is 79.6 Å². The van der Waals surface area contributed by atoms with Crippen LogP contribution < -0.4 is 5.32 Å². The monoisotopic (exact) mass is 338 g/mol. The minimum Gasteiger partial charge on any atom is -0.384 e. The topological polar surface area (TPSA) is 34.3 Å². The molecule has 4 heteroatoms. The molecule has 0 atom stereocenters. The molecule has 1 saturated heterocycles. The molecule has 4 rings (SSSR count). The van der Waals surface area contributed by atoms with E-state index < -0.39 is 0 Å². The Morgan fingerprint density at radius 1 is 1.16 bits per heavy atom. The molecule has 4 nitrogen and oxygen atoms in total. The summed E-state index contributed by atoms with van der Waals surface area (Å²) in [5.74, 6) is 0. The molecule has 1 aliphatic heterocycles. The van der Waals surface area contributed by atoms with Crippen LogP contribution in [0.5, 0.6) is 0 Å². The van der Waals surface area contributed by atoms with E-state index in [1.807, 2.05) is 0 Å². The number of nitrogens with zero attached hydrogens (tertiary/aromatic N) is 2. The molecule has 0 unspecified atom stereocenters. The number of aromatic nitrogens is 1. The van der Waals surface area contributed by atoms with Gasteiger partial charge in [0.25, 0.3) is 0 Å². The van der Waals surface area contributed by atoms with Crippen LogP contribution in [0, 0.1) is 0 Å². The van der Waals surface area contributed by atoms with E-state index in [4.69, 9.17) is 0 Å². The van der Waals surface area contributed by atoms with E-state index in [0.717, 1.165) is 18.8 Å². The zero-order valence-corrected chi connectivity index (χ0v) is 15.4. The number of rotatable bonds is 5. The van der Waals surface area contributed by atoms with Crippen molar-refractivity contribution in [3.8, 4) is 0 Å². The maximum atomic E-state index is 4.27. The van der Waals surface area contributed by atoms with Crippen LogP contribution >= 0.6 is 0 Å². The van der Waals surface area contributed by atoms with Gasteiger partial charge in [-0.3, -0.25) is 4.90 Å². The van der Waals surface area contributed by atoms with Crippen LogP contribution in [-0.4, -0.2) is 61.1 Å². The first-order chi connectivity index (χ1) is 12.2. The maximum absolute atomic E-state index is 4.27. The summed E-state index contributed by atoms with van der Waals surface area (Å²) in [7, 11) is 2.20. The van der Waals surface area contributed by atoms with Crippen LogP contribution in [0.2, 0.25) is 0 Å². The fourth-order valence-electron chi connectivity index (χ4n) is 4.13. The van der Waals surface area contributed by atoms with E-state index in [0.29, 0.717) is 0 Å². The summed E-state index contributed by atoms with van der Waals surface area (Å²) in [6.45, 7) is 11.0. The lowest BCUT2D eigenvalue weighted by Gasteiger charge is -2.32. The molecule has 2 aliphatic rings. The fraction of sp³-hybridized carbons (Fsp3) is 0.524. The molecule has 134 valence electrons. The molecule has 0 spiro atoms. The second-order valence-electron chi connectivity index (χ2n) is 7.60. The summed E-state index contributed by atoms with van der Waals surface area (Å²) in [5.41, 5.74) is 6.53. The van der Waals surface area contributed by atoms with Gasteiger partial charge in [-0.25, -0.2) is 0 Å². The smallest absolute Gasteiger partial charge is 0.0459 e. The lowest BCUT2D eigenvalue weighted by molar-refractivity contribution is 0.156. The van der Waals surface area contributed by atoms with Gasteiger partial charge in [-0.05, 0) is 56.0 Å². The van der Waals surface area contributed by atoms with Crippen LogP contribution in [0.25, 0.3) is 16.6 Å². The zero-order valence-electron chi connectivity index (χ0n) is 15.4. The van der Waals surface area contributed by atoms with E-state index in [2.05, 4.69) is 51.9 Å². The first-order valence-corrected chi connectivity index (χ1v) is 9.68. The third kappa shape index (κ3) is 3.60. The molecule has 1 aromatic heterocycles. The number of H-pyrrole nitrogens is 1. The van der Waals surface area contributed by atoms with Gasteiger partial charge in [-0.15, -0.1) is 0 Å². The summed E-state index contributed by atoms with van der Waals surface area (Å²) in [6, 6.07) is 6.73. The lowest BCUT2D eigenvalue weighted by Crippen LogP contribution is -2.46. The Balaban J connectivity index is 1.38. The molecule has 0 amide bonds. The first-order valence-electron chi connectivity index (χ1n) is 9.68. The van der Waals surface area contributed by atoms with Gasteiger partial charge in [0.15, 0.2) is 0 Å². The third-order valence-electron chi connectivity index (χ3n) is 5.81. The Kier molecular flexibility index (Phi) is 4.82. The number of hydrogen-bond donors (Lipinski definition) is 2. The van der Waals surface area contributed by atoms with Gasteiger partial charge in [0.2, 0.25) is 0 Å². The molecule has 2 N–H and O–H groups in total. The largest absolute Gasteiger partial charge is 0.384 e. The summed E-state index contributed by atoms with van der Waals surface area (Å²) >= 11 is 0. The van der Waals surface area contributed by atoms with Crippen molar-refractivity contribution < 1.29 is 0 Å². The Bertz CT molecular complexity index is 753. The van der Waals surface area contributed by atoms with Crippen LogP contribution in [0.3, 0.4) is 0 Å². The second kappa shape index (κ2) is 7.22. The van der Waals surface area contributed by atoms with Gasteiger partial charge >= 0.3 is 0 Å². The first kappa shape index (κ1) is 16.7. The predicted molar refractivity (Wildman–Crippen MR) is 106 cm³/mol. The number of aromatic amines is 1. The molecule has 0 saturated carbocycles. The molecular formula is C21H30N4. The summed E-state index contributed by atoms with van der Waals surface area (Å²) < 4.78 is 0. The highest BCUT2D eigenvalue weighted by atomic mass is 15.2. The van der Waals surface area contributed by atoms with Crippen LogP contribution in [0.1, 0.15) is 29.7 Å². The third-order valence-corrected chi connectivity index (χ3v) is 5.81. The van der Waals surface area contributed by atoms with E-state index in [-0.39, 0.29) is 0 Å². The van der Waals surface area contributed by atoms with Crippen molar-refractivity contribution in [2.45, 2.75) is 25.7 Å². The van der Waals surface area contributed by atoms with E-state index in [9.17, 15) is 0 Å². The highest BCUT2D eigenvalue weighted by Gasteiger charge is 2.16. The minimum absolute atomic E-state index is 0.964. The molecular weight excluding hydrogens is 308 g/mol. The predicted octanol–water partition coefficient (Wildman–Crippen LogP) is 2.85. The zero-order chi connectivity index (χ0) is 17.2. The van der Waals surface area contributed by atoms with Crippen molar-refractivity contribution in [1.29, 1.82) is 0 Å². The van der Waals surface area contributed by atoms with Crippen LogP contribution in [0.15, 0.2) is 24.8 Å². The number of nitrogens with one attached hydrogen (secondary N) is 2. The van der Waals surface area contributed by atoms with Gasteiger partial charge in [0.05, 0.1) is 0 Å². The Morgan fingerprint density at radius 3 is 2.80 bits per heavy atom. The highest BCUT2D eigenvalue weighted by molar-refractivity contribution is 5.88. The van der Waals surface area contributed by atoms with Gasteiger partial charge in [0, 0.05) is 61.6 Å². The molecule has 2 aromatic rings. The quantitative estimate of drug-likeness (QED) is 0.880. The van der Waals surface area contributed by atoms with Crippen molar-refractivity contribution in [3.63, 3.8) is 0 Å². The minimum atomic E-state index is 0.964. The molecule has 2 heterocycles. The average molecular weight is 338 g/mol. The SMILES string of the molecule is C=C(NCCN1CCN(C)CC1)c1ccc2[nH]c3c(c2c1)CCCC3. The number of hydrogen-bond acceptors (Lipinski definition) is 3. The summed E-state index contributed by atoms with van der Waals surface area (Å²) in [4.78, 5) is 8.54. The van der Waals surface area contributed by atoms with Gasteiger partial charge in [0.1, 0.15) is 0 Å². The van der Waals surface area contributed by atoms with Gasteiger partial charge in [-0.1, -0.05) is 12.6 Å². The number of benzene rings is 1. The van der Waals surface area contributed by atoms with Crippen molar-refractivity contribution in [2.24, 2.45) is 0 Å². The fourth-order valence-corrected chi connectivity index (χ4v) is 4.13. The molecule has 0 bridgehead atoms. The standard InChI is InChI=1S/C21H30N4/c1-16(22-9-10-25-13-11-24(2)12-14-25)17-7-8-21-19(15-17)18-5-3-4-6-20(18)23-21/h7-8,15,22-23H,1,3-6,9-14H2,2H3. The Morgan fingerprint density at radius 2 is 1.96 bits per heavy atom. The number of aryl methyl sites for hydroxylation is 2. The molecule has 0 radical (unpaired) electrons. The normalized spacial score (nSPS) is 19.1.